The van der Waals surface area contributed by atoms with E-state index in [1.165, 1.54) is 6.08 Å². The molecule has 1 aliphatic rings. The number of H-pyrrole nitrogens is 1. The van der Waals surface area contributed by atoms with E-state index in [2.05, 4.69) is 21.8 Å². The molecule has 1 unspecified atom stereocenters. The van der Waals surface area contributed by atoms with Crippen molar-refractivity contribution in [3.8, 4) is 17.0 Å². The van der Waals surface area contributed by atoms with Crippen molar-refractivity contribution in [3.05, 3.63) is 54.7 Å². The topological polar surface area (TPSA) is 91.3 Å². The zero-order chi connectivity index (χ0) is 19.0. The van der Waals surface area contributed by atoms with Crippen LogP contribution in [0.25, 0.3) is 22.3 Å². The van der Waals surface area contributed by atoms with Gasteiger partial charge in [0.15, 0.2) is 5.65 Å². The number of fused-ring (bicyclic) bond motifs is 1. The Bertz CT molecular complexity index is 1030. The van der Waals surface area contributed by atoms with E-state index in [1.807, 2.05) is 25.1 Å². The summed E-state index contributed by atoms with van der Waals surface area (Å²) >= 11 is 0. The quantitative estimate of drug-likeness (QED) is 0.697. The van der Waals surface area contributed by atoms with Crippen LogP contribution in [-0.4, -0.2) is 50.9 Å². The molecule has 1 fully saturated rings. The molecule has 0 saturated carbocycles. The molecule has 0 spiro atoms. The summed E-state index contributed by atoms with van der Waals surface area (Å²) in [6.07, 6.45) is 1.32. The number of hydrogen-bond donors (Lipinski definition) is 2. The second-order valence-corrected chi connectivity index (χ2v) is 6.75. The number of carbonyl (C=O) groups is 1. The average molecular weight is 364 g/mol. The van der Waals surface area contributed by atoms with E-state index in [1.54, 1.807) is 23.1 Å². The number of phenols is 1. The molecular weight excluding hydrogens is 344 g/mol. The summed E-state index contributed by atoms with van der Waals surface area (Å²) < 4.78 is 5.65. The molecule has 7 heteroatoms. The van der Waals surface area contributed by atoms with E-state index in [9.17, 15) is 9.90 Å². The van der Waals surface area contributed by atoms with Crippen LogP contribution in [0.2, 0.25) is 0 Å². The lowest BCUT2D eigenvalue weighted by atomic mass is 9.94. The van der Waals surface area contributed by atoms with Crippen LogP contribution in [0.15, 0.2) is 49.1 Å². The first-order valence-corrected chi connectivity index (χ1v) is 8.70. The van der Waals surface area contributed by atoms with Gasteiger partial charge in [-0.05, 0) is 37.3 Å². The molecule has 1 saturated heterocycles. The summed E-state index contributed by atoms with van der Waals surface area (Å²) in [6.45, 7) is 6.92. The minimum absolute atomic E-state index is 0.138. The fourth-order valence-electron chi connectivity index (χ4n) is 3.48. The highest BCUT2D eigenvalue weighted by atomic mass is 16.5. The van der Waals surface area contributed by atoms with E-state index < -0.39 is 5.54 Å². The lowest BCUT2D eigenvalue weighted by molar-refractivity contribution is -0.143. The highest BCUT2D eigenvalue weighted by Gasteiger charge is 2.40. The van der Waals surface area contributed by atoms with Gasteiger partial charge < -0.3 is 19.7 Å². The molecule has 27 heavy (non-hydrogen) atoms. The smallest absolute Gasteiger partial charge is 0.246 e. The molecular formula is C20H20N4O3. The molecule has 1 amide bonds. The molecule has 1 aliphatic heterocycles. The Labute approximate surface area is 156 Å². The van der Waals surface area contributed by atoms with E-state index in [4.69, 9.17) is 4.74 Å². The van der Waals surface area contributed by atoms with Crippen molar-refractivity contribution in [3.63, 3.8) is 0 Å². The number of phenolic OH excluding ortho intramolecular Hbond substituents is 1. The van der Waals surface area contributed by atoms with Gasteiger partial charge in [0.1, 0.15) is 11.3 Å². The largest absolute Gasteiger partial charge is 0.507 e. The van der Waals surface area contributed by atoms with Crippen LogP contribution in [0, 0.1) is 0 Å². The van der Waals surface area contributed by atoms with Crippen LogP contribution in [0.4, 0.5) is 0 Å². The third kappa shape index (κ3) is 2.86. The van der Waals surface area contributed by atoms with Crippen molar-refractivity contribution in [1.82, 2.24) is 20.1 Å². The molecule has 3 heterocycles. The number of hydrogen-bond acceptors (Lipinski definition) is 5. The zero-order valence-corrected chi connectivity index (χ0v) is 15.0. The van der Waals surface area contributed by atoms with Crippen molar-refractivity contribution < 1.29 is 14.6 Å². The van der Waals surface area contributed by atoms with Gasteiger partial charge in [-0.15, -0.1) is 10.2 Å². The summed E-state index contributed by atoms with van der Waals surface area (Å²) in [5, 5.41) is 19.4. The molecule has 1 aromatic carbocycles. The standard InChI is InChI=1S/C20H20N4O3/c1-3-18(26)24-8-9-27-12-20(24,2)17-11-13-10-15(22-23-19(13)21-17)14-6-4-5-7-16(14)25/h3-7,10-11,25H,1,8-9,12H2,2H3,(H,21,23). The number of ether oxygens (including phenoxy) is 1. The van der Waals surface area contributed by atoms with Gasteiger partial charge in [0.05, 0.1) is 18.9 Å². The minimum Gasteiger partial charge on any atom is -0.507 e. The van der Waals surface area contributed by atoms with Crippen LogP contribution in [0.5, 0.6) is 5.75 Å². The Balaban J connectivity index is 1.78. The van der Waals surface area contributed by atoms with Crippen LogP contribution < -0.4 is 0 Å². The Kier molecular flexibility index (Phi) is 4.16. The van der Waals surface area contributed by atoms with Gasteiger partial charge in [0, 0.05) is 23.2 Å². The molecule has 0 aliphatic carbocycles. The van der Waals surface area contributed by atoms with Crippen LogP contribution in [0.3, 0.4) is 0 Å². The summed E-state index contributed by atoms with van der Waals surface area (Å²) in [5.41, 5.74) is 1.97. The number of aromatic nitrogens is 3. The number of aromatic amines is 1. The van der Waals surface area contributed by atoms with Crippen molar-refractivity contribution in [2.45, 2.75) is 12.5 Å². The summed E-state index contributed by atoms with van der Waals surface area (Å²) in [5.74, 6) is 0.0118. The Morgan fingerprint density at radius 3 is 2.96 bits per heavy atom. The predicted molar refractivity (Wildman–Crippen MR) is 101 cm³/mol. The third-order valence-electron chi connectivity index (χ3n) is 5.02. The second kappa shape index (κ2) is 6.51. The molecule has 2 N–H and O–H groups in total. The minimum atomic E-state index is -0.653. The van der Waals surface area contributed by atoms with Crippen molar-refractivity contribution in [2.24, 2.45) is 0 Å². The first-order chi connectivity index (χ1) is 13.0. The normalized spacial score (nSPS) is 20.0. The van der Waals surface area contributed by atoms with Gasteiger partial charge in [-0.1, -0.05) is 18.7 Å². The number of para-hydroxylation sites is 1. The average Bonchev–Trinajstić information content (AvgIpc) is 3.12. The molecule has 7 nitrogen and oxygen atoms in total. The molecule has 3 aromatic rings. The Hall–Kier alpha value is -3.19. The van der Waals surface area contributed by atoms with Gasteiger partial charge in [-0.2, -0.15) is 0 Å². The first-order valence-electron chi connectivity index (χ1n) is 8.70. The number of nitrogens with one attached hydrogen (secondary N) is 1. The van der Waals surface area contributed by atoms with Crippen molar-refractivity contribution in [2.75, 3.05) is 19.8 Å². The highest BCUT2D eigenvalue weighted by Crippen LogP contribution is 2.34. The van der Waals surface area contributed by atoms with Crippen LogP contribution >= 0.6 is 0 Å². The number of rotatable bonds is 3. The Morgan fingerprint density at radius 2 is 2.19 bits per heavy atom. The van der Waals surface area contributed by atoms with E-state index in [0.717, 1.165) is 11.1 Å². The third-order valence-corrected chi connectivity index (χ3v) is 5.02. The number of nitrogens with zero attached hydrogens (tertiary/aromatic N) is 3. The van der Waals surface area contributed by atoms with Crippen LogP contribution in [0.1, 0.15) is 12.6 Å². The SMILES string of the molecule is C=CC(=O)N1CCOCC1(C)c1cc2cc(-c3ccccc3O)nnc2[nH]1. The van der Waals surface area contributed by atoms with Gasteiger partial charge in [-0.3, -0.25) is 4.79 Å². The van der Waals surface area contributed by atoms with Gasteiger partial charge in [-0.25, -0.2) is 0 Å². The molecule has 0 bridgehead atoms. The molecule has 138 valence electrons. The Morgan fingerprint density at radius 1 is 1.37 bits per heavy atom. The number of amides is 1. The number of carbonyl (C=O) groups excluding carboxylic acids is 1. The number of benzene rings is 1. The van der Waals surface area contributed by atoms with E-state index >= 15 is 0 Å². The second-order valence-electron chi connectivity index (χ2n) is 6.75. The lowest BCUT2D eigenvalue weighted by Crippen LogP contribution is -2.54. The first kappa shape index (κ1) is 17.2. The zero-order valence-electron chi connectivity index (χ0n) is 15.0. The van der Waals surface area contributed by atoms with Gasteiger partial charge >= 0.3 is 0 Å². The maximum atomic E-state index is 12.3. The summed E-state index contributed by atoms with van der Waals surface area (Å²) in [6, 6.07) is 10.8. The predicted octanol–water partition coefficient (Wildman–Crippen LogP) is 2.59. The fourth-order valence-corrected chi connectivity index (χ4v) is 3.48. The molecule has 2 aromatic heterocycles. The van der Waals surface area contributed by atoms with Gasteiger partial charge in [0.25, 0.3) is 0 Å². The van der Waals surface area contributed by atoms with E-state index in [-0.39, 0.29) is 11.7 Å². The van der Waals surface area contributed by atoms with Crippen molar-refractivity contribution in [1.29, 1.82) is 0 Å². The highest BCUT2D eigenvalue weighted by molar-refractivity contribution is 5.88. The summed E-state index contributed by atoms with van der Waals surface area (Å²) in [7, 11) is 0. The molecule has 4 rings (SSSR count). The molecule has 0 radical (unpaired) electrons. The van der Waals surface area contributed by atoms with Crippen molar-refractivity contribution >= 4 is 16.9 Å². The number of aromatic hydroxyl groups is 1. The fraction of sp³-hybridized carbons (Fsp3) is 0.250. The monoisotopic (exact) mass is 364 g/mol. The van der Waals surface area contributed by atoms with E-state index in [0.29, 0.717) is 36.7 Å². The lowest BCUT2D eigenvalue weighted by Gasteiger charge is -2.43. The van der Waals surface area contributed by atoms with Gasteiger partial charge in [0.2, 0.25) is 5.91 Å². The molecule has 1 atom stereocenters. The summed E-state index contributed by atoms with van der Waals surface area (Å²) in [4.78, 5) is 17.3. The maximum Gasteiger partial charge on any atom is 0.246 e. The maximum absolute atomic E-state index is 12.3. The van der Waals surface area contributed by atoms with Crippen LogP contribution in [-0.2, 0) is 15.1 Å². The number of morpholine rings is 1.